The van der Waals surface area contributed by atoms with Gasteiger partial charge in [-0.25, -0.2) is 0 Å². The van der Waals surface area contributed by atoms with Gasteiger partial charge >= 0.3 is 0 Å². The molecule has 1 aromatic rings. The Balaban J connectivity index is 2.79. The van der Waals surface area contributed by atoms with Gasteiger partial charge in [0.25, 0.3) is 0 Å². The molecule has 0 aromatic heterocycles. The summed E-state index contributed by atoms with van der Waals surface area (Å²) in [5, 5.41) is 3.92. The van der Waals surface area contributed by atoms with E-state index in [1.54, 1.807) is 14.2 Å². The summed E-state index contributed by atoms with van der Waals surface area (Å²) in [6, 6.07) is 3.89. The van der Waals surface area contributed by atoms with Crippen LogP contribution in [0.25, 0.3) is 0 Å². The number of ether oxygens (including phenoxy) is 3. The minimum atomic E-state index is 0.0143. The highest BCUT2D eigenvalue weighted by Crippen LogP contribution is 2.37. The lowest BCUT2D eigenvalue weighted by Gasteiger charge is -2.19. The normalized spacial score (nSPS) is 12.2. The van der Waals surface area contributed by atoms with Gasteiger partial charge in [0.15, 0.2) is 11.5 Å². The molecule has 1 rings (SSSR count). The second-order valence-electron chi connectivity index (χ2n) is 5.00. The second kappa shape index (κ2) is 9.87. The zero-order valence-corrected chi connectivity index (χ0v) is 14.1. The molecule has 0 aliphatic heterocycles. The minimum Gasteiger partial charge on any atom is -0.493 e. The van der Waals surface area contributed by atoms with E-state index in [-0.39, 0.29) is 6.10 Å². The van der Waals surface area contributed by atoms with Crippen LogP contribution in [0.15, 0.2) is 12.1 Å². The van der Waals surface area contributed by atoms with Crippen molar-refractivity contribution < 1.29 is 14.2 Å². The highest BCUT2D eigenvalue weighted by molar-refractivity contribution is 6.32. The first-order valence-electron chi connectivity index (χ1n) is 7.35. The molecule has 0 bridgehead atoms. The van der Waals surface area contributed by atoms with Crippen molar-refractivity contribution in [2.24, 2.45) is 0 Å². The van der Waals surface area contributed by atoms with Gasteiger partial charge in [-0.3, -0.25) is 0 Å². The second-order valence-corrected chi connectivity index (χ2v) is 5.40. The van der Waals surface area contributed by atoms with Crippen molar-refractivity contribution >= 4 is 11.6 Å². The van der Waals surface area contributed by atoms with E-state index in [2.05, 4.69) is 12.2 Å². The van der Waals surface area contributed by atoms with Crippen molar-refractivity contribution in [2.75, 3.05) is 27.4 Å². The average molecular weight is 316 g/mol. The van der Waals surface area contributed by atoms with Crippen LogP contribution in [0.2, 0.25) is 5.02 Å². The van der Waals surface area contributed by atoms with E-state index in [0.29, 0.717) is 23.1 Å². The van der Waals surface area contributed by atoms with Crippen LogP contribution in [0, 0.1) is 0 Å². The van der Waals surface area contributed by atoms with Gasteiger partial charge in [-0.15, -0.1) is 0 Å². The first-order valence-corrected chi connectivity index (χ1v) is 7.72. The molecule has 1 atom stereocenters. The van der Waals surface area contributed by atoms with Crippen molar-refractivity contribution in [2.45, 2.75) is 39.3 Å². The monoisotopic (exact) mass is 315 g/mol. The smallest absolute Gasteiger partial charge is 0.180 e. The van der Waals surface area contributed by atoms with Crippen LogP contribution in [-0.4, -0.2) is 33.5 Å². The summed E-state index contributed by atoms with van der Waals surface area (Å²) in [5.74, 6) is 1.27. The van der Waals surface area contributed by atoms with Gasteiger partial charge in [0.1, 0.15) is 0 Å². The Kier molecular flexibility index (Phi) is 8.50. The third-order valence-electron chi connectivity index (χ3n) is 3.09. The molecular weight excluding hydrogens is 290 g/mol. The van der Waals surface area contributed by atoms with Gasteiger partial charge in [-0.05, 0) is 37.6 Å². The molecule has 1 unspecified atom stereocenters. The van der Waals surface area contributed by atoms with Crippen LogP contribution in [-0.2, 0) is 11.3 Å². The first kappa shape index (κ1) is 18.1. The Morgan fingerprint density at radius 3 is 2.67 bits per heavy atom. The molecule has 0 fully saturated rings. The molecule has 1 N–H and O–H groups in total. The van der Waals surface area contributed by atoms with E-state index in [9.17, 15) is 0 Å². The molecule has 0 aliphatic rings. The van der Waals surface area contributed by atoms with Crippen molar-refractivity contribution in [3.8, 4) is 11.5 Å². The summed E-state index contributed by atoms with van der Waals surface area (Å²) in [4.78, 5) is 0. The average Bonchev–Trinajstić information content (AvgIpc) is 2.47. The largest absolute Gasteiger partial charge is 0.493 e. The van der Waals surface area contributed by atoms with Crippen LogP contribution in [0.3, 0.4) is 0 Å². The van der Waals surface area contributed by atoms with Crippen molar-refractivity contribution in [1.82, 2.24) is 5.32 Å². The minimum absolute atomic E-state index is 0.0143. The lowest BCUT2D eigenvalue weighted by Crippen LogP contribution is -2.16. The standard InChI is InChI=1S/C16H26ClNO3/c1-5-7-18-11-13-9-14(17)16(15(10-13)20-4)21-12(2)6-8-19-3/h9-10,12,18H,5-8,11H2,1-4H3. The van der Waals surface area contributed by atoms with E-state index in [0.717, 1.165) is 31.5 Å². The van der Waals surface area contributed by atoms with E-state index in [4.69, 9.17) is 25.8 Å². The number of halogens is 1. The van der Waals surface area contributed by atoms with Gasteiger partial charge in [-0.2, -0.15) is 0 Å². The Labute approximate surface area is 132 Å². The predicted octanol–water partition coefficient (Wildman–Crippen LogP) is 3.65. The number of methoxy groups -OCH3 is 2. The molecule has 5 heteroatoms. The van der Waals surface area contributed by atoms with Crippen LogP contribution < -0.4 is 14.8 Å². The van der Waals surface area contributed by atoms with Crippen molar-refractivity contribution in [1.29, 1.82) is 0 Å². The van der Waals surface area contributed by atoms with Gasteiger partial charge in [0.2, 0.25) is 0 Å². The van der Waals surface area contributed by atoms with Crippen molar-refractivity contribution in [3.63, 3.8) is 0 Å². The van der Waals surface area contributed by atoms with Crippen LogP contribution >= 0.6 is 11.6 Å². The maximum absolute atomic E-state index is 6.34. The van der Waals surface area contributed by atoms with Crippen molar-refractivity contribution in [3.05, 3.63) is 22.7 Å². The Hall–Kier alpha value is -0.970. The van der Waals surface area contributed by atoms with E-state index >= 15 is 0 Å². The molecule has 0 heterocycles. The summed E-state index contributed by atoms with van der Waals surface area (Å²) in [7, 11) is 3.31. The molecule has 1 aromatic carbocycles. The molecule has 21 heavy (non-hydrogen) atoms. The molecule has 0 aliphatic carbocycles. The summed E-state index contributed by atoms with van der Waals surface area (Å²) in [5.41, 5.74) is 1.09. The molecule has 120 valence electrons. The highest BCUT2D eigenvalue weighted by Gasteiger charge is 2.15. The SMILES string of the molecule is CCCNCc1cc(Cl)c(OC(C)CCOC)c(OC)c1. The molecule has 4 nitrogen and oxygen atoms in total. The van der Waals surface area contributed by atoms with Crippen LogP contribution in [0.5, 0.6) is 11.5 Å². The maximum Gasteiger partial charge on any atom is 0.180 e. The number of rotatable bonds is 10. The lowest BCUT2D eigenvalue weighted by molar-refractivity contribution is 0.133. The molecular formula is C16H26ClNO3. The first-order chi connectivity index (χ1) is 10.1. The van der Waals surface area contributed by atoms with Gasteiger partial charge in [0, 0.05) is 26.7 Å². The molecule has 0 saturated carbocycles. The predicted molar refractivity (Wildman–Crippen MR) is 86.6 cm³/mol. The number of nitrogens with one attached hydrogen (secondary N) is 1. The summed E-state index contributed by atoms with van der Waals surface area (Å²) < 4.78 is 16.4. The fourth-order valence-corrected chi connectivity index (χ4v) is 2.22. The van der Waals surface area contributed by atoms with E-state index in [1.165, 1.54) is 0 Å². The Bertz CT molecular complexity index is 426. The highest BCUT2D eigenvalue weighted by atomic mass is 35.5. The van der Waals surface area contributed by atoms with Gasteiger partial charge in [0.05, 0.1) is 18.2 Å². The molecule has 0 spiro atoms. The summed E-state index contributed by atoms with van der Waals surface area (Å²) in [6.07, 6.45) is 1.92. The van der Waals surface area contributed by atoms with E-state index in [1.807, 2.05) is 19.1 Å². The quantitative estimate of drug-likeness (QED) is 0.669. The summed E-state index contributed by atoms with van der Waals surface area (Å²) >= 11 is 6.34. The molecule has 0 saturated heterocycles. The number of hydrogen-bond donors (Lipinski definition) is 1. The molecule has 0 radical (unpaired) electrons. The number of hydrogen-bond acceptors (Lipinski definition) is 4. The fraction of sp³-hybridized carbons (Fsp3) is 0.625. The lowest BCUT2D eigenvalue weighted by atomic mass is 10.2. The third-order valence-corrected chi connectivity index (χ3v) is 3.37. The van der Waals surface area contributed by atoms with E-state index < -0.39 is 0 Å². The van der Waals surface area contributed by atoms with Gasteiger partial charge < -0.3 is 19.5 Å². The zero-order valence-electron chi connectivity index (χ0n) is 13.4. The Morgan fingerprint density at radius 1 is 1.29 bits per heavy atom. The third kappa shape index (κ3) is 6.12. The zero-order chi connectivity index (χ0) is 15.7. The van der Waals surface area contributed by atoms with Crippen LogP contribution in [0.4, 0.5) is 0 Å². The maximum atomic E-state index is 6.34. The summed E-state index contributed by atoms with van der Waals surface area (Å²) in [6.45, 7) is 6.53. The number of benzene rings is 1. The topological polar surface area (TPSA) is 39.7 Å². The van der Waals surface area contributed by atoms with Gasteiger partial charge in [-0.1, -0.05) is 18.5 Å². The van der Waals surface area contributed by atoms with Crippen LogP contribution in [0.1, 0.15) is 32.3 Å². The molecule has 0 amide bonds. The Morgan fingerprint density at radius 2 is 2.05 bits per heavy atom. The fourth-order valence-electron chi connectivity index (χ4n) is 1.94.